The molecule has 0 radical (unpaired) electrons. The van der Waals surface area contributed by atoms with Gasteiger partial charge in [-0.05, 0) is 6.42 Å². The van der Waals surface area contributed by atoms with Crippen molar-refractivity contribution < 1.29 is 14.4 Å². The Balaban J connectivity index is 2.01. The van der Waals surface area contributed by atoms with E-state index in [-0.39, 0.29) is 24.3 Å². The van der Waals surface area contributed by atoms with Crippen molar-refractivity contribution in [3.63, 3.8) is 0 Å². The summed E-state index contributed by atoms with van der Waals surface area (Å²) in [6.45, 7) is 2.39. The van der Waals surface area contributed by atoms with Gasteiger partial charge in [0.2, 0.25) is 17.7 Å². The summed E-state index contributed by atoms with van der Waals surface area (Å²) in [7, 11) is 3.37. The Hall–Kier alpha value is -1.63. The molecular formula is C13H22N4O3. The fourth-order valence-electron chi connectivity index (χ4n) is 2.65. The lowest BCUT2D eigenvalue weighted by Crippen LogP contribution is -2.60. The van der Waals surface area contributed by atoms with Gasteiger partial charge in [0, 0.05) is 46.7 Å². The second-order valence-electron chi connectivity index (χ2n) is 5.46. The number of hydrogen-bond acceptors (Lipinski definition) is 4. The van der Waals surface area contributed by atoms with Crippen LogP contribution >= 0.6 is 0 Å². The van der Waals surface area contributed by atoms with Crippen molar-refractivity contribution >= 4 is 17.7 Å². The summed E-state index contributed by atoms with van der Waals surface area (Å²) in [5, 5.41) is 3.14. The molecule has 3 amide bonds. The zero-order valence-electron chi connectivity index (χ0n) is 12.1. The number of likely N-dealkylation sites (tertiary alicyclic amines) is 1. The van der Waals surface area contributed by atoms with Gasteiger partial charge in [0.25, 0.3) is 0 Å². The summed E-state index contributed by atoms with van der Waals surface area (Å²) >= 11 is 0. The Bertz CT molecular complexity index is 410. The van der Waals surface area contributed by atoms with Crippen LogP contribution in [0.25, 0.3) is 0 Å². The van der Waals surface area contributed by atoms with Crippen LogP contribution in [0.5, 0.6) is 0 Å². The standard InChI is InChI=1S/C13H22N4O3/c1-15(2)13(20)10-8-14-5-7-17(10)12(19)9-16-6-3-4-11(16)18/h10,14H,3-9H2,1-2H3. The lowest BCUT2D eigenvalue weighted by molar-refractivity contribution is -0.147. The monoisotopic (exact) mass is 282 g/mol. The first-order chi connectivity index (χ1) is 9.50. The Morgan fingerprint density at radius 2 is 2.10 bits per heavy atom. The summed E-state index contributed by atoms with van der Waals surface area (Å²) in [4.78, 5) is 40.8. The molecule has 2 aliphatic heterocycles. The summed E-state index contributed by atoms with van der Waals surface area (Å²) in [5.41, 5.74) is 0. The van der Waals surface area contributed by atoms with E-state index in [4.69, 9.17) is 0 Å². The Labute approximate surface area is 118 Å². The van der Waals surface area contributed by atoms with Crippen molar-refractivity contribution in [3.05, 3.63) is 0 Å². The van der Waals surface area contributed by atoms with Gasteiger partial charge in [-0.3, -0.25) is 14.4 Å². The van der Waals surface area contributed by atoms with Gasteiger partial charge in [-0.25, -0.2) is 0 Å². The molecule has 2 aliphatic rings. The summed E-state index contributed by atoms with van der Waals surface area (Å²) < 4.78 is 0. The molecule has 0 saturated carbocycles. The van der Waals surface area contributed by atoms with E-state index < -0.39 is 6.04 Å². The third kappa shape index (κ3) is 3.09. The van der Waals surface area contributed by atoms with E-state index in [1.165, 1.54) is 4.90 Å². The minimum Gasteiger partial charge on any atom is -0.347 e. The lowest BCUT2D eigenvalue weighted by atomic mass is 10.1. The highest BCUT2D eigenvalue weighted by Gasteiger charge is 2.34. The maximum Gasteiger partial charge on any atom is 0.246 e. The summed E-state index contributed by atoms with van der Waals surface area (Å²) in [6.07, 6.45) is 1.34. The molecule has 2 saturated heterocycles. The Morgan fingerprint density at radius 1 is 1.35 bits per heavy atom. The molecule has 7 nitrogen and oxygen atoms in total. The quantitative estimate of drug-likeness (QED) is 0.683. The number of nitrogens with one attached hydrogen (secondary N) is 1. The number of carbonyl (C=O) groups excluding carboxylic acids is 3. The average Bonchev–Trinajstić information content (AvgIpc) is 2.83. The zero-order valence-corrected chi connectivity index (χ0v) is 12.1. The van der Waals surface area contributed by atoms with Gasteiger partial charge >= 0.3 is 0 Å². The van der Waals surface area contributed by atoms with Crippen LogP contribution in [0.4, 0.5) is 0 Å². The molecule has 0 aliphatic carbocycles. The van der Waals surface area contributed by atoms with Crippen LogP contribution in [-0.2, 0) is 14.4 Å². The number of piperazine rings is 1. The summed E-state index contributed by atoms with van der Waals surface area (Å²) in [6, 6.07) is -0.469. The predicted molar refractivity (Wildman–Crippen MR) is 72.9 cm³/mol. The summed E-state index contributed by atoms with van der Waals surface area (Å²) in [5.74, 6) is -0.191. The van der Waals surface area contributed by atoms with E-state index in [0.717, 1.165) is 6.42 Å². The second-order valence-corrected chi connectivity index (χ2v) is 5.46. The largest absolute Gasteiger partial charge is 0.347 e. The number of carbonyl (C=O) groups is 3. The molecule has 7 heteroatoms. The van der Waals surface area contributed by atoms with Crippen LogP contribution in [0.1, 0.15) is 12.8 Å². The maximum atomic E-state index is 12.4. The topological polar surface area (TPSA) is 73.0 Å². The van der Waals surface area contributed by atoms with Crippen molar-refractivity contribution in [2.45, 2.75) is 18.9 Å². The molecule has 1 N–H and O–H groups in total. The molecule has 0 aromatic carbocycles. The number of amides is 3. The van der Waals surface area contributed by atoms with Crippen LogP contribution < -0.4 is 5.32 Å². The van der Waals surface area contributed by atoms with Crippen LogP contribution in [0.2, 0.25) is 0 Å². The Kier molecular flexibility index (Phi) is 4.59. The van der Waals surface area contributed by atoms with Crippen LogP contribution in [0.15, 0.2) is 0 Å². The van der Waals surface area contributed by atoms with Gasteiger partial charge < -0.3 is 20.0 Å². The first-order valence-electron chi connectivity index (χ1n) is 7.00. The molecule has 1 atom stereocenters. The maximum absolute atomic E-state index is 12.4. The number of hydrogen-bond donors (Lipinski definition) is 1. The third-order valence-corrected chi connectivity index (χ3v) is 3.79. The van der Waals surface area contributed by atoms with E-state index in [9.17, 15) is 14.4 Å². The minimum atomic E-state index is -0.469. The van der Waals surface area contributed by atoms with Crippen LogP contribution in [0, 0.1) is 0 Å². The molecular weight excluding hydrogens is 260 g/mol. The molecule has 0 spiro atoms. The third-order valence-electron chi connectivity index (χ3n) is 3.79. The van der Waals surface area contributed by atoms with E-state index >= 15 is 0 Å². The zero-order chi connectivity index (χ0) is 14.7. The normalized spacial score (nSPS) is 23.1. The average molecular weight is 282 g/mol. The molecule has 2 heterocycles. The van der Waals surface area contributed by atoms with E-state index in [1.54, 1.807) is 23.9 Å². The number of likely N-dealkylation sites (N-methyl/N-ethyl adjacent to an activating group) is 1. The first-order valence-corrected chi connectivity index (χ1v) is 7.00. The van der Waals surface area contributed by atoms with Gasteiger partial charge in [-0.15, -0.1) is 0 Å². The fourth-order valence-corrected chi connectivity index (χ4v) is 2.65. The van der Waals surface area contributed by atoms with Gasteiger partial charge in [0.15, 0.2) is 0 Å². The number of rotatable bonds is 3. The highest BCUT2D eigenvalue weighted by Crippen LogP contribution is 2.12. The fraction of sp³-hybridized carbons (Fsp3) is 0.769. The Morgan fingerprint density at radius 3 is 2.70 bits per heavy atom. The van der Waals surface area contributed by atoms with Gasteiger partial charge in [0.05, 0.1) is 6.54 Å². The smallest absolute Gasteiger partial charge is 0.246 e. The molecule has 2 fully saturated rings. The van der Waals surface area contributed by atoms with Crippen molar-refractivity contribution in [1.29, 1.82) is 0 Å². The highest BCUT2D eigenvalue weighted by atomic mass is 16.2. The molecule has 112 valence electrons. The molecule has 0 bridgehead atoms. The van der Waals surface area contributed by atoms with E-state index in [0.29, 0.717) is 32.6 Å². The molecule has 0 aromatic heterocycles. The van der Waals surface area contributed by atoms with Crippen LogP contribution in [-0.4, -0.2) is 85.3 Å². The van der Waals surface area contributed by atoms with Crippen molar-refractivity contribution in [1.82, 2.24) is 20.0 Å². The van der Waals surface area contributed by atoms with Crippen molar-refractivity contribution in [3.8, 4) is 0 Å². The van der Waals surface area contributed by atoms with Crippen molar-refractivity contribution in [2.75, 3.05) is 46.8 Å². The molecule has 20 heavy (non-hydrogen) atoms. The minimum absolute atomic E-state index is 0.0315. The predicted octanol–water partition coefficient (Wildman–Crippen LogP) is -1.50. The molecule has 2 rings (SSSR count). The molecule has 1 unspecified atom stereocenters. The second kappa shape index (κ2) is 6.21. The van der Waals surface area contributed by atoms with Gasteiger partial charge in [-0.1, -0.05) is 0 Å². The SMILES string of the molecule is CN(C)C(=O)C1CNCCN1C(=O)CN1CCCC1=O. The van der Waals surface area contributed by atoms with Gasteiger partial charge in [0.1, 0.15) is 6.04 Å². The van der Waals surface area contributed by atoms with Crippen molar-refractivity contribution in [2.24, 2.45) is 0 Å². The first kappa shape index (κ1) is 14.8. The van der Waals surface area contributed by atoms with Gasteiger partial charge in [-0.2, -0.15) is 0 Å². The highest BCUT2D eigenvalue weighted by molar-refractivity contribution is 5.90. The van der Waals surface area contributed by atoms with E-state index in [2.05, 4.69) is 5.32 Å². The lowest BCUT2D eigenvalue weighted by Gasteiger charge is -2.37. The molecule has 0 aromatic rings. The van der Waals surface area contributed by atoms with E-state index in [1.807, 2.05) is 0 Å². The van der Waals surface area contributed by atoms with Crippen LogP contribution in [0.3, 0.4) is 0 Å². The number of nitrogens with zero attached hydrogens (tertiary/aromatic N) is 3.